The molecule has 4 atom stereocenters. The highest BCUT2D eigenvalue weighted by atomic mass is 16.5. The lowest BCUT2D eigenvalue weighted by atomic mass is 9.93. The van der Waals surface area contributed by atoms with E-state index in [2.05, 4.69) is 22.4 Å². The largest absolute Gasteiger partial charge is 0.434 e. The SMILES string of the molecule is CCC[C@H](NC(=O)C(CC(=O)N1CCOCC1)CC1CC1c1ccccc1)C(=O)c1nc2ccccc2o1. The minimum absolute atomic E-state index is 0.00257. The molecule has 5 rings (SSSR count). The third-order valence-corrected chi connectivity index (χ3v) is 7.61. The number of nitrogens with zero attached hydrogens (tertiary/aromatic N) is 2. The van der Waals surface area contributed by atoms with Crippen LogP contribution in [0.25, 0.3) is 11.1 Å². The van der Waals surface area contributed by atoms with Crippen LogP contribution < -0.4 is 5.32 Å². The highest BCUT2D eigenvalue weighted by Crippen LogP contribution is 2.51. The molecule has 1 aliphatic carbocycles. The van der Waals surface area contributed by atoms with Crippen LogP contribution in [0.1, 0.15) is 61.2 Å². The maximum absolute atomic E-state index is 13.7. The van der Waals surface area contributed by atoms with Crippen molar-refractivity contribution in [1.29, 1.82) is 0 Å². The molecule has 0 bridgehead atoms. The monoisotopic (exact) mass is 517 g/mol. The number of aromatic nitrogens is 1. The average molecular weight is 518 g/mol. The Balaban J connectivity index is 1.30. The van der Waals surface area contributed by atoms with Crippen LogP contribution in [0.4, 0.5) is 0 Å². The summed E-state index contributed by atoms with van der Waals surface area (Å²) in [5.41, 5.74) is 2.41. The number of carbonyl (C=O) groups excluding carboxylic acids is 3. The number of carbonyl (C=O) groups is 3. The molecule has 2 amide bonds. The molecule has 2 fully saturated rings. The molecule has 0 spiro atoms. The summed E-state index contributed by atoms with van der Waals surface area (Å²) in [6.07, 6.45) is 2.90. The Hall–Kier alpha value is -3.52. The third kappa shape index (κ3) is 6.13. The van der Waals surface area contributed by atoms with E-state index in [1.54, 1.807) is 17.0 Å². The van der Waals surface area contributed by atoms with E-state index in [1.807, 2.05) is 37.3 Å². The Bertz CT molecular complexity index is 1230. The summed E-state index contributed by atoms with van der Waals surface area (Å²) >= 11 is 0. The molecule has 0 radical (unpaired) electrons. The van der Waals surface area contributed by atoms with Crippen molar-refractivity contribution >= 4 is 28.7 Å². The number of ketones is 1. The number of hydrogen-bond acceptors (Lipinski definition) is 6. The van der Waals surface area contributed by atoms with Crippen LogP contribution in [-0.4, -0.2) is 59.8 Å². The highest BCUT2D eigenvalue weighted by Gasteiger charge is 2.42. The maximum atomic E-state index is 13.7. The molecule has 200 valence electrons. The van der Waals surface area contributed by atoms with Gasteiger partial charge in [-0.1, -0.05) is 55.8 Å². The first-order valence-electron chi connectivity index (χ1n) is 13.6. The second kappa shape index (κ2) is 11.9. The Morgan fingerprint density at radius 2 is 1.79 bits per heavy atom. The number of nitrogens with one attached hydrogen (secondary N) is 1. The number of oxazole rings is 1. The number of Topliss-reactive ketones (excluding diaryl/α,β-unsaturated/α-hetero) is 1. The molecule has 8 nitrogen and oxygen atoms in total. The van der Waals surface area contributed by atoms with Gasteiger partial charge in [-0.15, -0.1) is 0 Å². The van der Waals surface area contributed by atoms with Crippen molar-refractivity contribution in [3.05, 3.63) is 66.1 Å². The highest BCUT2D eigenvalue weighted by molar-refractivity contribution is 6.00. The van der Waals surface area contributed by atoms with Gasteiger partial charge in [0, 0.05) is 25.4 Å². The summed E-state index contributed by atoms with van der Waals surface area (Å²) < 4.78 is 11.1. The van der Waals surface area contributed by atoms with Gasteiger partial charge in [0.2, 0.25) is 17.6 Å². The number of para-hydroxylation sites is 2. The van der Waals surface area contributed by atoms with Gasteiger partial charge < -0.3 is 19.4 Å². The second-order valence-corrected chi connectivity index (χ2v) is 10.3. The fourth-order valence-electron chi connectivity index (χ4n) is 5.39. The van der Waals surface area contributed by atoms with Gasteiger partial charge >= 0.3 is 0 Å². The van der Waals surface area contributed by atoms with E-state index in [0.29, 0.717) is 68.5 Å². The van der Waals surface area contributed by atoms with Crippen molar-refractivity contribution in [2.75, 3.05) is 26.3 Å². The van der Waals surface area contributed by atoms with Gasteiger partial charge in [-0.3, -0.25) is 14.4 Å². The van der Waals surface area contributed by atoms with E-state index < -0.39 is 12.0 Å². The first-order valence-corrected chi connectivity index (χ1v) is 13.6. The molecule has 1 aromatic heterocycles. The summed E-state index contributed by atoms with van der Waals surface area (Å²) in [5, 5.41) is 2.97. The second-order valence-electron chi connectivity index (χ2n) is 10.3. The van der Waals surface area contributed by atoms with Crippen LogP contribution in [0.5, 0.6) is 0 Å². The lowest BCUT2D eigenvalue weighted by Gasteiger charge is -2.29. The number of ether oxygens (including phenoxy) is 1. The zero-order chi connectivity index (χ0) is 26.5. The summed E-state index contributed by atoms with van der Waals surface area (Å²) in [6, 6.07) is 16.8. The molecular weight excluding hydrogens is 482 g/mol. The van der Waals surface area contributed by atoms with Crippen molar-refractivity contribution in [1.82, 2.24) is 15.2 Å². The van der Waals surface area contributed by atoms with Crippen molar-refractivity contribution < 1.29 is 23.5 Å². The van der Waals surface area contributed by atoms with E-state index >= 15 is 0 Å². The van der Waals surface area contributed by atoms with Crippen LogP contribution in [-0.2, 0) is 14.3 Å². The maximum Gasteiger partial charge on any atom is 0.266 e. The Labute approximate surface area is 222 Å². The van der Waals surface area contributed by atoms with Crippen LogP contribution in [0, 0.1) is 11.8 Å². The van der Waals surface area contributed by atoms with E-state index in [9.17, 15) is 14.4 Å². The van der Waals surface area contributed by atoms with E-state index in [0.717, 1.165) is 6.42 Å². The molecule has 1 saturated carbocycles. The first-order chi connectivity index (χ1) is 18.5. The standard InChI is InChI=1S/C30H35N3O5/c1-2-8-25(28(35)30-32-24-11-6-7-12-26(24)38-30)31-29(36)22(19-27(34)33-13-15-37-16-14-33)17-21-18-23(21)20-9-4-3-5-10-20/h3-7,9-12,21-23,25H,2,8,13-19H2,1H3,(H,31,36)/t21?,22?,23?,25-/m0/s1. The molecular formula is C30H35N3O5. The number of amides is 2. The average Bonchev–Trinajstić information content (AvgIpc) is 3.59. The zero-order valence-corrected chi connectivity index (χ0v) is 21.8. The van der Waals surface area contributed by atoms with Gasteiger partial charge in [0.1, 0.15) is 5.52 Å². The number of fused-ring (bicyclic) bond motifs is 1. The molecule has 8 heteroatoms. The minimum Gasteiger partial charge on any atom is -0.434 e. The van der Waals surface area contributed by atoms with Gasteiger partial charge in [0.15, 0.2) is 5.58 Å². The van der Waals surface area contributed by atoms with Gasteiger partial charge in [-0.2, -0.15) is 0 Å². The number of rotatable bonds is 11. The Morgan fingerprint density at radius 3 is 2.53 bits per heavy atom. The van der Waals surface area contributed by atoms with E-state index in [1.165, 1.54) is 5.56 Å². The number of hydrogen-bond donors (Lipinski definition) is 1. The van der Waals surface area contributed by atoms with Crippen molar-refractivity contribution in [2.24, 2.45) is 11.8 Å². The topological polar surface area (TPSA) is 102 Å². The summed E-state index contributed by atoms with van der Waals surface area (Å²) in [6.45, 7) is 4.07. The van der Waals surface area contributed by atoms with Gasteiger partial charge in [-0.05, 0) is 48.8 Å². The fourth-order valence-corrected chi connectivity index (χ4v) is 5.39. The summed E-state index contributed by atoms with van der Waals surface area (Å²) in [4.78, 5) is 46.2. The molecule has 2 heterocycles. The molecule has 2 aliphatic rings. The zero-order valence-electron chi connectivity index (χ0n) is 21.8. The molecule has 1 saturated heterocycles. The number of benzene rings is 2. The van der Waals surface area contributed by atoms with Crippen molar-refractivity contribution in [2.45, 2.75) is 51.0 Å². The van der Waals surface area contributed by atoms with Crippen LogP contribution in [0.15, 0.2) is 59.0 Å². The van der Waals surface area contributed by atoms with Crippen molar-refractivity contribution in [3.63, 3.8) is 0 Å². The fraction of sp³-hybridized carbons (Fsp3) is 0.467. The Kier molecular flexibility index (Phi) is 8.17. The van der Waals surface area contributed by atoms with Gasteiger partial charge in [0.05, 0.1) is 19.3 Å². The molecule has 38 heavy (non-hydrogen) atoms. The predicted molar refractivity (Wildman–Crippen MR) is 143 cm³/mol. The summed E-state index contributed by atoms with van der Waals surface area (Å²) in [5.74, 6) is -0.419. The first kappa shape index (κ1) is 26.1. The summed E-state index contributed by atoms with van der Waals surface area (Å²) in [7, 11) is 0. The van der Waals surface area contributed by atoms with Crippen molar-refractivity contribution in [3.8, 4) is 0 Å². The smallest absolute Gasteiger partial charge is 0.266 e. The normalized spacial score (nSPS) is 20.6. The molecule has 2 aromatic carbocycles. The molecule has 3 unspecified atom stereocenters. The van der Waals surface area contributed by atoms with E-state index in [-0.39, 0.29) is 29.9 Å². The quantitative estimate of drug-likeness (QED) is 0.380. The van der Waals surface area contributed by atoms with E-state index in [4.69, 9.17) is 9.15 Å². The van der Waals surface area contributed by atoms with Gasteiger partial charge in [-0.25, -0.2) is 4.98 Å². The third-order valence-electron chi connectivity index (χ3n) is 7.61. The van der Waals surface area contributed by atoms with Crippen LogP contribution in [0.3, 0.4) is 0 Å². The molecule has 1 N–H and O–H groups in total. The predicted octanol–water partition coefficient (Wildman–Crippen LogP) is 4.35. The van der Waals surface area contributed by atoms with Gasteiger partial charge in [0.25, 0.3) is 5.89 Å². The minimum atomic E-state index is -0.759. The van der Waals surface area contributed by atoms with Crippen LogP contribution in [0.2, 0.25) is 0 Å². The molecule has 3 aromatic rings. The number of morpholine rings is 1. The lowest BCUT2D eigenvalue weighted by Crippen LogP contribution is -2.46. The lowest BCUT2D eigenvalue weighted by molar-refractivity contribution is -0.139. The Morgan fingerprint density at radius 1 is 1.05 bits per heavy atom. The molecule has 1 aliphatic heterocycles. The van der Waals surface area contributed by atoms with Crippen LogP contribution >= 0.6 is 0 Å².